The Balaban J connectivity index is 2.41. The van der Waals surface area contributed by atoms with Crippen LogP contribution in [0.25, 0.3) is 0 Å². The third-order valence-electron chi connectivity index (χ3n) is 2.67. The van der Waals surface area contributed by atoms with Crippen molar-refractivity contribution in [3.05, 3.63) is 0 Å². The van der Waals surface area contributed by atoms with E-state index in [1.54, 1.807) is 6.92 Å². The number of ether oxygens (including phenoxy) is 1. The Kier molecular flexibility index (Phi) is 4.54. The van der Waals surface area contributed by atoms with Gasteiger partial charge in [0.1, 0.15) is 0 Å². The molecule has 0 saturated carbocycles. The van der Waals surface area contributed by atoms with Gasteiger partial charge in [0.25, 0.3) is 0 Å². The minimum atomic E-state index is -0.900. The van der Waals surface area contributed by atoms with Crippen LogP contribution < -0.4 is 0 Å². The minimum Gasteiger partial charge on any atom is -0.465 e. The highest BCUT2D eigenvalue weighted by Gasteiger charge is 2.27. The van der Waals surface area contributed by atoms with Crippen LogP contribution in [-0.2, 0) is 9.53 Å². The molecule has 0 radical (unpaired) electrons. The van der Waals surface area contributed by atoms with Gasteiger partial charge in [-0.3, -0.25) is 9.69 Å². The molecule has 6 nitrogen and oxygen atoms in total. The number of rotatable bonds is 3. The summed E-state index contributed by atoms with van der Waals surface area (Å²) in [6.45, 7) is 5.75. The topological polar surface area (TPSA) is 70.1 Å². The van der Waals surface area contributed by atoms with Crippen LogP contribution in [0.15, 0.2) is 0 Å². The van der Waals surface area contributed by atoms with Gasteiger partial charge >= 0.3 is 12.1 Å². The summed E-state index contributed by atoms with van der Waals surface area (Å²) in [5, 5.41) is 8.82. The van der Waals surface area contributed by atoms with Crippen LogP contribution in [0.3, 0.4) is 0 Å². The van der Waals surface area contributed by atoms with Gasteiger partial charge in [-0.2, -0.15) is 0 Å². The second kappa shape index (κ2) is 5.69. The van der Waals surface area contributed by atoms with Crippen molar-refractivity contribution < 1.29 is 19.4 Å². The molecule has 0 spiro atoms. The zero-order chi connectivity index (χ0) is 12.1. The number of carboxylic acid groups (broad SMARTS) is 1. The molecule has 1 aliphatic rings. The summed E-state index contributed by atoms with van der Waals surface area (Å²) in [7, 11) is 0. The largest absolute Gasteiger partial charge is 0.465 e. The molecule has 1 atom stereocenters. The maximum absolute atomic E-state index is 11.3. The van der Waals surface area contributed by atoms with E-state index in [4.69, 9.17) is 9.84 Å². The first-order valence-electron chi connectivity index (χ1n) is 5.42. The second-order valence-electron chi connectivity index (χ2n) is 3.85. The van der Waals surface area contributed by atoms with E-state index in [0.29, 0.717) is 26.2 Å². The molecule has 1 rings (SSSR count). The molecule has 92 valence electrons. The number of carbonyl (C=O) groups is 2. The molecule has 1 aliphatic heterocycles. The molecule has 0 aliphatic carbocycles. The number of carbonyl (C=O) groups excluding carboxylic acids is 1. The van der Waals surface area contributed by atoms with Gasteiger partial charge in [0.2, 0.25) is 0 Å². The van der Waals surface area contributed by atoms with E-state index in [9.17, 15) is 9.59 Å². The molecular formula is C10H18N2O4. The molecule has 1 heterocycles. The number of hydrogen-bond donors (Lipinski definition) is 1. The Hall–Kier alpha value is -1.30. The lowest BCUT2D eigenvalue weighted by molar-refractivity contribution is -0.145. The lowest BCUT2D eigenvalue weighted by atomic mass is 10.2. The summed E-state index contributed by atoms with van der Waals surface area (Å²) in [6, 6.07) is 0.0502. The van der Waals surface area contributed by atoms with Gasteiger partial charge in [0.15, 0.2) is 0 Å². The highest BCUT2D eigenvalue weighted by molar-refractivity contribution is 5.71. The van der Waals surface area contributed by atoms with Crippen molar-refractivity contribution >= 4 is 12.1 Å². The lowest BCUT2D eigenvalue weighted by Gasteiger charge is -2.37. The standard InChI is InChI=1S/C10H18N2O4/c1-3-16-9(13)7-11-4-5-12(10(14)15)6-8(11)2/h8H,3-7H2,1-2H3,(H,14,15)/t8-/m1/s1. The monoisotopic (exact) mass is 230 g/mol. The lowest BCUT2D eigenvalue weighted by Crippen LogP contribution is -2.54. The van der Waals surface area contributed by atoms with Crippen LogP contribution in [0.5, 0.6) is 0 Å². The van der Waals surface area contributed by atoms with Gasteiger partial charge in [0, 0.05) is 25.7 Å². The van der Waals surface area contributed by atoms with Crippen LogP contribution in [0, 0.1) is 0 Å². The van der Waals surface area contributed by atoms with Crippen LogP contribution >= 0.6 is 0 Å². The first-order valence-corrected chi connectivity index (χ1v) is 5.42. The Morgan fingerprint density at radius 1 is 1.44 bits per heavy atom. The number of piperazine rings is 1. The molecule has 0 unspecified atom stereocenters. The molecule has 16 heavy (non-hydrogen) atoms. The fourth-order valence-electron chi connectivity index (χ4n) is 1.78. The van der Waals surface area contributed by atoms with Gasteiger partial charge < -0.3 is 14.7 Å². The maximum atomic E-state index is 11.3. The first-order chi connectivity index (χ1) is 7.54. The van der Waals surface area contributed by atoms with E-state index in [0.717, 1.165) is 0 Å². The normalized spacial score (nSPS) is 21.9. The van der Waals surface area contributed by atoms with Crippen molar-refractivity contribution in [2.75, 3.05) is 32.8 Å². The van der Waals surface area contributed by atoms with E-state index < -0.39 is 6.09 Å². The molecular weight excluding hydrogens is 212 g/mol. The zero-order valence-corrected chi connectivity index (χ0v) is 9.68. The average molecular weight is 230 g/mol. The molecule has 1 amide bonds. The van der Waals surface area contributed by atoms with E-state index in [-0.39, 0.29) is 18.6 Å². The first kappa shape index (κ1) is 12.8. The Labute approximate surface area is 94.8 Å². The van der Waals surface area contributed by atoms with Gasteiger partial charge in [-0.25, -0.2) is 4.79 Å². The highest BCUT2D eigenvalue weighted by atomic mass is 16.5. The van der Waals surface area contributed by atoms with Gasteiger partial charge in [-0.15, -0.1) is 0 Å². The molecule has 0 bridgehead atoms. The second-order valence-corrected chi connectivity index (χ2v) is 3.85. The van der Waals surface area contributed by atoms with Crippen molar-refractivity contribution in [2.24, 2.45) is 0 Å². The minimum absolute atomic E-state index is 0.0502. The van der Waals surface area contributed by atoms with Crippen LogP contribution in [-0.4, -0.2) is 65.8 Å². The fraction of sp³-hybridized carbons (Fsp3) is 0.800. The van der Waals surface area contributed by atoms with Crippen molar-refractivity contribution in [2.45, 2.75) is 19.9 Å². The predicted molar refractivity (Wildman–Crippen MR) is 57.3 cm³/mol. The van der Waals surface area contributed by atoms with Gasteiger partial charge in [0.05, 0.1) is 13.2 Å². The molecule has 1 fully saturated rings. The smallest absolute Gasteiger partial charge is 0.407 e. The molecule has 0 aromatic heterocycles. The number of hydrogen-bond acceptors (Lipinski definition) is 4. The third-order valence-corrected chi connectivity index (χ3v) is 2.67. The Morgan fingerprint density at radius 3 is 2.62 bits per heavy atom. The zero-order valence-electron chi connectivity index (χ0n) is 9.68. The predicted octanol–water partition coefficient (Wildman–Crippen LogP) is 0.234. The molecule has 0 aromatic rings. The van der Waals surface area contributed by atoms with Crippen molar-refractivity contribution in [1.29, 1.82) is 0 Å². The van der Waals surface area contributed by atoms with Crippen LogP contribution in [0.4, 0.5) is 4.79 Å². The Bertz CT molecular complexity index is 270. The average Bonchev–Trinajstić information content (AvgIpc) is 2.21. The summed E-state index contributed by atoms with van der Waals surface area (Å²) < 4.78 is 4.86. The highest BCUT2D eigenvalue weighted by Crippen LogP contribution is 2.09. The summed E-state index contributed by atoms with van der Waals surface area (Å²) in [5.41, 5.74) is 0. The Morgan fingerprint density at radius 2 is 2.12 bits per heavy atom. The molecule has 0 aromatic carbocycles. The molecule has 1 saturated heterocycles. The van der Waals surface area contributed by atoms with E-state index in [1.165, 1.54) is 4.90 Å². The number of esters is 1. The summed E-state index contributed by atoms with van der Waals surface area (Å²) >= 11 is 0. The number of nitrogens with zero attached hydrogens (tertiary/aromatic N) is 2. The summed E-state index contributed by atoms with van der Waals surface area (Å²) in [6.07, 6.45) is -0.900. The maximum Gasteiger partial charge on any atom is 0.407 e. The third kappa shape index (κ3) is 3.37. The molecule has 6 heteroatoms. The fourth-order valence-corrected chi connectivity index (χ4v) is 1.78. The van der Waals surface area contributed by atoms with E-state index in [1.807, 2.05) is 11.8 Å². The van der Waals surface area contributed by atoms with Crippen molar-refractivity contribution in [3.8, 4) is 0 Å². The van der Waals surface area contributed by atoms with Crippen molar-refractivity contribution in [1.82, 2.24) is 9.80 Å². The van der Waals surface area contributed by atoms with Crippen LogP contribution in [0.1, 0.15) is 13.8 Å². The summed E-state index contributed by atoms with van der Waals surface area (Å²) in [5.74, 6) is -0.252. The van der Waals surface area contributed by atoms with E-state index >= 15 is 0 Å². The van der Waals surface area contributed by atoms with Gasteiger partial charge in [-0.1, -0.05) is 0 Å². The summed E-state index contributed by atoms with van der Waals surface area (Å²) in [4.78, 5) is 25.3. The SMILES string of the molecule is CCOC(=O)CN1CCN(C(=O)O)C[C@H]1C. The van der Waals surface area contributed by atoms with Crippen molar-refractivity contribution in [3.63, 3.8) is 0 Å². The van der Waals surface area contributed by atoms with Gasteiger partial charge in [-0.05, 0) is 13.8 Å². The quantitative estimate of drug-likeness (QED) is 0.703. The van der Waals surface area contributed by atoms with E-state index in [2.05, 4.69) is 0 Å². The molecule has 1 N–H and O–H groups in total. The number of amides is 1. The van der Waals surface area contributed by atoms with Crippen LogP contribution in [0.2, 0.25) is 0 Å².